The van der Waals surface area contributed by atoms with Crippen molar-refractivity contribution < 1.29 is 0 Å². The summed E-state index contributed by atoms with van der Waals surface area (Å²) in [4.78, 5) is 2.48. The zero-order chi connectivity index (χ0) is 17.3. The Balaban J connectivity index is 1.61. The highest BCUT2D eigenvalue weighted by Crippen LogP contribution is 2.55. The smallest absolute Gasteiger partial charge is 0.169 e. The van der Waals surface area contributed by atoms with Crippen LogP contribution in [0.15, 0.2) is 0 Å². The minimum absolute atomic E-state index is 0.347. The molecule has 0 radical (unpaired) electrons. The molecule has 4 aliphatic rings. The molecule has 4 bridgehead atoms. The molecule has 0 aromatic rings. The molecule has 24 heavy (non-hydrogen) atoms. The Labute approximate surface area is 155 Å². The van der Waals surface area contributed by atoms with Crippen LogP contribution in [0.2, 0.25) is 0 Å². The SMILES string of the molecule is CC(C)CCN(CCC(C)C)C(=S)NC12CC3CC(CC(C3)C1)C2. The summed E-state index contributed by atoms with van der Waals surface area (Å²) in [6.45, 7) is 11.5. The Morgan fingerprint density at radius 2 is 1.33 bits per heavy atom. The molecule has 4 fully saturated rings. The van der Waals surface area contributed by atoms with Gasteiger partial charge in [-0.1, -0.05) is 27.7 Å². The second-order valence-corrected chi connectivity index (χ2v) is 10.4. The normalized spacial score (nSPS) is 34.2. The first-order chi connectivity index (χ1) is 11.3. The second kappa shape index (κ2) is 7.51. The summed E-state index contributed by atoms with van der Waals surface area (Å²) in [6, 6.07) is 0. The molecule has 0 aromatic heterocycles. The number of hydrogen-bond acceptors (Lipinski definition) is 1. The molecular weight excluding hydrogens is 312 g/mol. The van der Waals surface area contributed by atoms with Crippen LogP contribution in [-0.4, -0.2) is 28.6 Å². The van der Waals surface area contributed by atoms with Gasteiger partial charge in [0.1, 0.15) is 0 Å². The van der Waals surface area contributed by atoms with Gasteiger partial charge in [-0.25, -0.2) is 0 Å². The quantitative estimate of drug-likeness (QED) is 0.633. The van der Waals surface area contributed by atoms with Crippen molar-refractivity contribution in [2.45, 2.75) is 84.6 Å². The highest BCUT2D eigenvalue weighted by Gasteiger charge is 2.51. The fourth-order valence-electron chi connectivity index (χ4n) is 5.71. The van der Waals surface area contributed by atoms with Gasteiger partial charge >= 0.3 is 0 Å². The van der Waals surface area contributed by atoms with Gasteiger partial charge in [-0.2, -0.15) is 0 Å². The molecule has 0 aliphatic heterocycles. The zero-order valence-electron chi connectivity index (χ0n) is 16.3. The third kappa shape index (κ3) is 4.45. The van der Waals surface area contributed by atoms with Crippen LogP contribution in [-0.2, 0) is 0 Å². The van der Waals surface area contributed by atoms with Crippen LogP contribution in [0, 0.1) is 29.6 Å². The van der Waals surface area contributed by atoms with Gasteiger partial charge in [0.05, 0.1) is 0 Å². The highest BCUT2D eigenvalue weighted by molar-refractivity contribution is 7.80. The van der Waals surface area contributed by atoms with Crippen LogP contribution in [0.25, 0.3) is 0 Å². The Hall–Kier alpha value is -0.310. The van der Waals surface area contributed by atoms with Gasteiger partial charge in [-0.3, -0.25) is 0 Å². The lowest BCUT2D eigenvalue weighted by atomic mass is 9.53. The topological polar surface area (TPSA) is 15.3 Å². The fourth-order valence-corrected chi connectivity index (χ4v) is 6.11. The predicted octanol–water partition coefficient (Wildman–Crippen LogP) is 5.22. The Morgan fingerprint density at radius 1 is 0.917 bits per heavy atom. The van der Waals surface area contributed by atoms with Crippen molar-refractivity contribution in [1.82, 2.24) is 10.2 Å². The summed E-state index contributed by atoms with van der Waals surface area (Å²) in [5, 5.41) is 4.98. The van der Waals surface area contributed by atoms with Gasteiger partial charge in [0, 0.05) is 18.6 Å². The number of hydrogen-bond donors (Lipinski definition) is 1. The minimum atomic E-state index is 0.347. The molecule has 1 N–H and O–H groups in total. The second-order valence-electron chi connectivity index (χ2n) is 9.98. The Kier molecular flexibility index (Phi) is 5.79. The minimum Gasteiger partial charge on any atom is -0.357 e. The maximum absolute atomic E-state index is 5.93. The van der Waals surface area contributed by atoms with Gasteiger partial charge in [0.15, 0.2) is 5.11 Å². The van der Waals surface area contributed by atoms with E-state index in [-0.39, 0.29) is 0 Å². The van der Waals surface area contributed by atoms with Crippen LogP contribution in [0.5, 0.6) is 0 Å². The van der Waals surface area contributed by atoms with Gasteiger partial charge in [0.25, 0.3) is 0 Å². The van der Waals surface area contributed by atoms with E-state index in [1.165, 1.54) is 51.4 Å². The molecule has 0 heterocycles. The monoisotopic (exact) mass is 350 g/mol. The van der Waals surface area contributed by atoms with Gasteiger partial charge < -0.3 is 10.2 Å². The number of rotatable bonds is 7. The number of nitrogens with one attached hydrogen (secondary N) is 1. The maximum Gasteiger partial charge on any atom is 0.169 e. The molecule has 0 unspecified atom stereocenters. The summed E-state index contributed by atoms with van der Waals surface area (Å²) in [5.41, 5.74) is 0.347. The summed E-state index contributed by atoms with van der Waals surface area (Å²) < 4.78 is 0. The number of thiocarbonyl (C=S) groups is 1. The molecule has 4 aliphatic carbocycles. The van der Waals surface area contributed by atoms with Crippen molar-refractivity contribution in [3.05, 3.63) is 0 Å². The predicted molar refractivity (Wildman–Crippen MR) is 107 cm³/mol. The first-order valence-corrected chi connectivity index (χ1v) is 10.8. The van der Waals surface area contributed by atoms with Crippen LogP contribution >= 0.6 is 12.2 Å². The van der Waals surface area contributed by atoms with E-state index in [0.717, 1.165) is 47.8 Å². The van der Waals surface area contributed by atoms with E-state index in [9.17, 15) is 0 Å². The lowest BCUT2D eigenvalue weighted by Crippen LogP contribution is -2.62. The van der Waals surface area contributed by atoms with Crippen molar-refractivity contribution >= 4 is 17.3 Å². The van der Waals surface area contributed by atoms with Crippen LogP contribution < -0.4 is 5.32 Å². The van der Waals surface area contributed by atoms with Gasteiger partial charge in [0.2, 0.25) is 0 Å². The lowest BCUT2D eigenvalue weighted by molar-refractivity contribution is -0.0112. The first-order valence-electron chi connectivity index (χ1n) is 10.4. The van der Waals surface area contributed by atoms with Gasteiger partial charge in [-0.15, -0.1) is 0 Å². The summed E-state index contributed by atoms with van der Waals surface area (Å²) >= 11 is 5.93. The summed E-state index contributed by atoms with van der Waals surface area (Å²) in [5.74, 6) is 4.42. The van der Waals surface area contributed by atoms with Crippen molar-refractivity contribution in [3.8, 4) is 0 Å². The molecule has 4 saturated carbocycles. The third-order valence-corrected chi connectivity index (χ3v) is 7.01. The van der Waals surface area contributed by atoms with Crippen molar-refractivity contribution in [2.24, 2.45) is 29.6 Å². The highest BCUT2D eigenvalue weighted by atomic mass is 32.1. The average Bonchev–Trinajstić information content (AvgIpc) is 2.44. The van der Waals surface area contributed by atoms with Crippen molar-refractivity contribution in [2.75, 3.05) is 13.1 Å². The molecule has 138 valence electrons. The Bertz CT molecular complexity index is 396. The fraction of sp³-hybridized carbons (Fsp3) is 0.952. The summed E-state index contributed by atoms with van der Waals surface area (Å²) in [7, 11) is 0. The zero-order valence-corrected chi connectivity index (χ0v) is 17.1. The largest absolute Gasteiger partial charge is 0.357 e. The molecule has 3 heteroatoms. The van der Waals surface area contributed by atoms with E-state index in [0.29, 0.717) is 5.54 Å². The molecule has 4 rings (SSSR count). The lowest BCUT2D eigenvalue weighted by Gasteiger charge is -2.57. The van der Waals surface area contributed by atoms with Crippen molar-refractivity contribution in [3.63, 3.8) is 0 Å². The molecule has 0 atom stereocenters. The summed E-state index contributed by atoms with van der Waals surface area (Å²) in [6.07, 6.45) is 11.1. The maximum atomic E-state index is 5.93. The van der Waals surface area contributed by atoms with Crippen LogP contribution in [0.4, 0.5) is 0 Å². The number of nitrogens with zero attached hydrogens (tertiary/aromatic N) is 1. The Morgan fingerprint density at radius 3 is 1.71 bits per heavy atom. The van der Waals surface area contributed by atoms with Crippen LogP contribution in [0.3, 0.4) is 0 Å². The van der Waals surface area contributed by atoms with E-state index in [2.05, 4.69) is 37.9 Å². The van der Waals surface area contributed by atoms with E-state index < -0.39 is 0 Å². The van der Waals surface area contributed by atoms with Crippen molar-refractivity contribution in [1.29, 1.82) is 0 Å². The van der Waals surface area contributed by atoms with E-state index in [1.54, 1.807) is 0 Å². The first kappa shape index (κ1) is 18.5. The molecular formula is C21H38N2S. The third-order valence-electron chi connectivity index (χ3n) is 6.65. The van der Waals surface area contributed by atoms with E-state index >= 15 is 0 Å². The van der Waals surface area contributed by atoms with E-state index in [1.807, 2.05) is 0 Å². The standard InChI is InChI=1S/C21H38N2S/c1-15(2)5-7-23(8-6-16(3)4)20(24)22-21-12-17-9-18(13-21)11-19(10-17)14-21/h15-19H,5-14H2,1-4H3,(H,22,24). The average molecular weight is 351 g/mol. The molecule has 0 spiro atoms. The molecule has 0 saturated heterocycles. The molecule has 0 aromatic carbocycles. The van der Waals surface area contributed by atoms with Crippen LogP contribution in [0.1, 0.15) is 79.1 Å². The molecule has 0 amide bonds. The van der Waals surface area contributed by atoms with E-state index in [4.69, 9.17) is 12.2 Å². The van der Waals surface area contributed by atoms with Gasteiger partial charge in [-0.05, 0) is 93.2 Å². The molecule has 2 nitrogen and oxygen atoms in total.